The summed E-state index contributed by atoms with van der Waals surface area (Å²) in [4.78, 5) is 13.8. The van der Waals surface area contributed by atoms with Gasteiger partial charge in [0.2, 0.25) is 5.91 Å². The summed E-state index contributed by atoms with van der Waals surface area (Å²) in [6.07, 6.45) is 0.616. The quantitative estimate of drug-likeness (QED) is 0.793. The van der Waals surface area contributed by atoms with E-state index < -0.39 is 5.82 Å². The fourth-order valence-corrected chi connectivity index (χ4v) is 1.73. The van der Waals surface area contributed by atoms with E-state index in [9.17, 15) is 9.18 Å². The molecule has 4 nitrogen and oxygen atoms in total. The summed E-state index contributed by atoms with van der Waals surface area (Å²) in [5.74, 6) is -0.695. The van der Waals surface area contributed by atoms with Crippen molar-refractivity contribution in [2.75, 3.05) is 25.0 Å². The molecule has 2 N–H and O–H groups in total. The van der Waals surface area contributed by atoms with E-state index in [0.29, 0.717) is 13.0 Å². The summed E-state index contributed by atoms with van der Waals surface area (Å²) in [7, 11) is 0. The van der Waals surface area contributed by atoms with Gasteiger partial charge in [0.15, 0.2) is 0 Å². The molecule has 0 radical (unpaired) electrons. The van der Waals surface area contributed by atoms with Gasteiger partial charge in [0.25, 0.3) is 0 Å². The summed E-state index contributed by atoms with van der Waals surface area (Å²) < 4.78 is 13.4. The molecule has 0 aliphatic heterocycles. The number of nitrogens with zero attached hydrogens (tertiary/aromatic N) is 1. The van der Waals surface area contributed by atoms with Crippen LogP contribution in [-0.4, -0.2) is 41.7 Å². The predicted octanol–water partition coefficient (Wildman–Crippen LogP) is 1.86. The Balaban J connectivity index is 2.55. The molecule has 5 heteroatoms. The van der Waals surface area contributed by atoms with Gasteiger partial charge in [-0.2, -0.15) is 0 Å². The number of carbonyl (C=O) groups excluding carboxylic acids is 1. The average Bonchev–Trinajstić information content (AvgIpc) is 2.37. The second-order valence-corrected chi connectivity index (χ2v) is 4.67. The van der Waals surface area contributed by atoms with Crippen molar-refractivity contribution in [3.63, 3.8) is 0 Å². The van der Waals surface area contributed by atoms with E-state index in [4.69, 9.17) is 5.11 Å². The van der Waals surface area contributed by atoms with E-state index in [-0.39, 0.29) is 30.8 Å². The van der Waals surface area contributed by atoms with Crippen LogP contribution in [0.25, 0.3) is 0 Å². The number of hydrogen-bond acceptors (Lipinski definition) is 3. The molecule has 19 heavy (non-hydrogen) atoms. The zero-order valence-corrected chi connectivity index (χ0v) is 11.4. The van der Waals surface area contributed by atoms with Crippen molar-refractivity contribution in [2.45, 2.75) is 26.3 Å². The lowest BCUT2D eigenvalue weighted by atomic mass is 10.2. The average molecular weight is 268 g/mol. The highest BCUT2D eigenvalue weighted by atomic mass is 19.1. The van der Waals surface area contributed by atoms with Crippen molar-refractivity contribution in [2.24, 2.45) is 0 Å². The van der Waals surface area contributed by atoms with Crippen LogP contribution in [0.5, 0.6) is 0 Å². The molecule has 0 fully saturated rings. The van der Waals surface area contributed by atoms with Crippen LogP contribution in [0, 0.1) is 5.82 Å². The van der Waals surface area contributed by atoms with Gasteiger partial charge in [0.1, 0.15) is 5.82 Å². The molecule has 1 aromatic rings. The highest BCUT2D eigenvalue weighted by molar-refractivity contribution is 5.92. The minimum atomic E-state index is -0.442. The van der Waals surface area contributed by atoms with Crippen molar-refractivity contribution in [3.05, 3.63) is 30.1 Å². The molecule has 0 saturated heterocycles. The van der Waals surface area contributed by atoms with Crippen LogP contribution in [0.2, 0.25) is 0 Å². The Hall–Kier alpha value is -1.46. The number of aliphatic hydroxyl groups is 1. The van der Waals surface area contributed by atoms with Crippen LogP contribution >= 0.6 is 0 Å². The van der Waals surface area contributed by atoms with E-state index in [0.717, 1.165) is 0 Å². The maximum absolute atomic E-state index is 13.4. The Morgan fingerprint density at radius 3 is 2.68 bits per heavy atom. The van der Waals surface area contributed by atoms with Crippen molar-refractivity contribution < 1.29 is 14.3 Å². The van der Waals surface area contributed by atoms with Crippen LogP contribution in [-0.2, 0) is 4.79 Å². The molecule has 1 amide bonds. The predicted molar refractivity (Wildman–Crippen MR) is 73.4 cm³/mol. The van der Waals surface area contributed by atoms with Crippen molar-refractivity contribution in [1.29, 1.82) is 0 Å². The second-order valence-electron chi connectivity index (χ2n) is 4.67. The fraction of sp³-hybridized carbons (Fsp3) is 0.500. The number of anilines is 1. The standard InChI is InChI=1S/C14H21FN2O2/c1-11(2)17(8-5-9-18)10-14(19)16-13-7-4-3-6-12(13)15/h3-4,6-7,11,18H,5,8-10H2,1-2H3,(H,16,19). The minimum Gasteiger partial charge on any atom is -0.396 e. The normalized spacial score (nSPS) is 11.1. The summed E-state index contributed by atoms with van der Waals surface area (Å²) in [6.45, 7) is 4.88. The molecule has 0 atom stereocenters. The van der Waals surface area contributed by atoms with Gasteiger partial charge in [-0.15, -0.1) is 0 Å². The van der Waals surface area contributed by atoms with Gasteiger partial charge < -0.3 is 10.4 Å². The van der Waals surface area contributed by atoms with Crippen LogP contribution in [0.3, 0.4) is 0 Å². The third kappa shape index (κ3) is 5.36. The molecule has 0 aliphatic carbocycles. The molecule has 0 spiro atoms. The highest BCUT2D eigenvalue weighted by Gasteiger charge is 2.14. The number of halogens is 1. The van der Waals surface area contributed by atoms with E-state index in [1.807, 2.05) is 18.7 Å². The first kappa shape index (κ1) is 15.6. The van der Waals surface area contributed by atoms with Gasteiger partial charge in [0.05, 0.1) is 12.2 Å². The molecule has 0 heterocycles. The Bertz CT molecular complexity index is 410. The molecule has 0 aliphatic rings. The highest BCUT2D eigenvalue weighted by Crippen LogP contribution is 2.12. The number of amides is 1. The van der Waals surface area contributed by atoms with E-state index in [1.54, 1.807) is 12.1 Å². The lowest BCUT2D eigenvalue weighted by molar-refractivity contribution is -0.117. The van der Waals surface area contributed by atoms with Crippen molar-refractivity contribution in [3.8, 4) is 0 Å². The van der Waals surface area contributed by atoms with Crippen LogP contribution in [0.1, 0.15) is 20.3 Å². The van der Waals surface area contributed by atoms with Gasteiger partial charge in [-0.05, 0) is 32.4 Å². The summed E-state index contributed by atoms with van der Waals surface area (Å²) >= 11 is 0. The number of hydrogen-bond donors (Lipinski definition) is 2. The third-order valence-electron chi connectivity index (χ3n) is 2.83. The molecule has 0 unspecified atom stereocenters. The van der Waals surface area contributed by atoms with E-state index in [1.165, 1.54) is 12.1 Å². The van der Waals surface area contributed by atoms with E-state index >= 15 is 0 Å². The number of nitrogens with one attached hydrogen (secondary N) is 1. The first-order valence-electron chi connectivity index (χ1n) is 6.44. The summed E-state index contributed by atoms with van der Waals surface area (Å²) in [6, 6.07) is 6.28. The molecule has 1 rings (SSSR count). The summed E-state index contributed by atoms with van der Waals surface area (Å²) in [5, 5.41) is 11.4. The lowest BCUT2D eigenvalue weighted by Gasteiger charge is -2.25. The topological polar surface area (TPSA) is 52.6 Å². The number of para-hydroxylation sites is 1. The zero-order valence-electron chi connectivity index (χ0n) is 11.4. The molecule has 0 bridgehead atoms. The van der Waals surface area contributed by atoms with Crippen LogP contribution in [0.4, 0.5) is 10.1 Å². The Morgan fingerprint density at radius 2 is 2.11 bits per heavy atom. The Labute approximate surface area is 113 Å². The van der Waals surface area contributed by atoms with Gasteiger partial charge in [0, 0.05) is 19.2 Å². The molecular weight excluding hydrogens is 247 g/mol. The second kappa shape index (κ2) is 7.86. The number of carbonyl (C=O) groups is 1. The Morgan fingerprint density at radius 1 is 1.42 bits per heavy atom. The first-order chi connectivity index (χ1) is 9.04. The molecule has 106 valence electrons. The van der Waals surface area contributed by atoms with Crippen molar-refractivity contribution >= 4 is 11.6 Å². The largest absolute Gasteiger partial charge is 0.396 e. The summed E-state index contributed by atoms with van der Waals surface area (Å²) in [5.41, 5.74) is 0.193. The SMILES string of the molecule is CC(C)N(CCCO)CC(=O)Nc1ccccc1F. The first-order valence-corrected chi connectivity index (χ1v) is 6.44. The molecular formula is C14H21FN2O2. The van der Waals surface area contributed by atoms with E-state index in [2.05, 4.69) is 5.32 Å². The smallest absolute Gasteiger partial charge is 0.238 e. The van der Waals surface area contributed by atoms with Gasteiger partial charge in [-0.25, -0.2) is 4.39 Å². The third-order valence-corrected chi connectivity index (χ3v) is 2.83. The zero-order chi connectivity index (χ0) is 14.3. The van der Waals surface area contributed by atoms with Crippen molar-refractivity contribution in [1.82, 2.24) is 4.90 Å². The van der Waals surface area contributed by atoms with Gasteiger partial charge in [-0.3, -0.25) is 9.69 Å². The maximum Gasteiger partial charge on any atom is 0.238 e. The van der Waals surface area contributed by atoms with Gasteiger partial charge >= 0.3 is 0 Å². The lowest BCUT2D eigenvalue weighted by Crippen LogP contribution is -2.39. The van der Waals surface area contributed by atoms with Gasteiger partial charge in [-0.1, -0.05) is 12.1 Å². The molecule has 0 saturated carbocycles. The Kier molecular flexibility index (Phi) is 6.45. The molecule has 0 aromatic heterocycles. The number of benzene rings is 1. The fourth-order valence-electron chi connectivity index (χ4n) is 1.73. The van der Waals surface area contributed by atoms with Crippen LogP contribution in [0.15, 0.2) is 24.3 Å². The monoisotopic (exact) mass is 268 g/mol. The number of rotatable bonds is 7. The molecule has 1 aromatic carbocycles. The van der Waals surface area contributed by atoms with Crippen LogP contribution < -0.4 is 5.32 Å². The maximum atomic E-state index is 13.4. The minimum absolute atomic E-state index is 0.0954. The number of aliphatic hydroxyl groups excluding tert-OH is 1.